The van der Waals surface area contributed by atoms with Gasteiger partial charge in [0, 0.05) is 33.4 Å². The molecule has 0 amide bonds. The molecule has 0 aliphatic heterocycles. The summed E-state index contributed by atoms with van der Waals surface area (Å²) < 4.78 is 6.87. The monoisotopic (exact) mass is 251 g/mol. The van der Waals surface area contributed by atoms with Crippen LogP contribution in [-0.2, 0) is 18.2 Å². The number of aromatic nitrogens is 2. The molecule has 0 saturated heterocycles. The molecule has 0 aromatic carbocycles. The summed E-state index contributed by atoms with van der Waals surface area (Å²) in [6.07, 6.45) is 8.15. The minimum absolute atomic E-state index is 0.115. The molecule has 0 radical (unpaired) electrons. The van der Waals surface area contributed by atoms with Crippen LogP contribution in [0.5, 0.6) is 0 Å². The molecule has 1 aromatic heterocycles. The van der Waals surface area contributed by atoms with Crippen LogP contribution in [0.15, 0.2) is 25.0 Å². The van der Waals surface area contributed by atoms with E-state index < -0.39 is 0 Å². The fourth-order valence-electron chi connectivity index (χ4n) is 1.84. The van der Waals surface area contributed by atoms with Gasteiger partial charge in [-0.1, -0.05) is 13.0 Å². The average Bonchev–Trinajstić information content (AvgIpc) is 2.78. The van der Waals surface area contributed by atoms with E-state index in [1.807, 2.05) is 24.0 Å². The van der Waals surface area contributed by atoms with E-state index in [9.17, 15) is 0 Å². The Morgan fingerprint density at radius 1 is 1.61 bits per heavy atom. The second-order valence-corrected chi connectivity index (χ2v) is 5.05. The average molecular weight is 251 g/mol. The van der Waals surface area contributed by atoms with Crippen LogP contribution in [0.2, 0.25) is 0 Å². The molecule has 1 aromatic rings. The highest BCUT2D eigenvalue weighted by Gasteiger charge is 2.19. The van der Waals surface area contributed by atoms with Crippen LogP contribution in [0.4, 0.5) is 0 Å². The molecule has 1 rings (SSSR count). The zero-order valence-corrected chi connectivity index (χ0v) is 11.8. The van der Waals surface area contributed by atoms with Gasteiger partial charge in [-0.2, -0.15) is 5.10 Å². The number of hydrogen-bond donors (Lipinski definition) is 1. The van der Waals surface area contributed by atoms with Crippen molar-refractivity contribution in [1.29, 1.82) is 0 Å². The number of ether oxygens (including phenoxy) is 1. The maximum Gasteiger partial charge on any atom is 0.0587 e. The maximum absolute atomic E-state index is 5.02. The van der Waals surface area contributed by atoms with E-state index in [1.165, 1.54) is 5.56 Å². The van der Waals surface area contributed by atoms with Crippen molar-refractivity contribution in [2.24, 2.45) is 12.5 Å². The maximum atomic E-state index is 5.02. The SMILES string of the molecule is C=CC(C)(CCc1cnn(C)c1)CNCCOC. The summed E-state index contributed by atoms with van der Waals surface area (Å²) in [6.45, 7) is 8.75. The first-order chi connectivity index (χ1) is 8.59. The van der Waals surface area contributed by atoms with E-state index in [-0.39, 0.29) is 5.41 Å². The topological polar surface area (TPSA) is 39.1 Å². The highest BCUT2D eigenvalue weighted by Crippen LogP contribution is 2.23. The molecule has 0 bridgehead atoms. The quantitative estimate of drug-likeness (QED) is 0.537. The molecule has 0 aliphatic rings. The van der Waals surface area contributed by atoms with Crippen LogP contribution < -0.4 is 5.32 Å². The van der Waals surface area contributed by atoms with Crippen molar-refractivity contribution < 1.29 is 4.74 Å². The summed E-state index contributed by atoms with van der Waals surface area (Å²) in [4.78, 5) is 0. The van der Waals surface area contributed by atoms with E-state index >= 15 is 0 Å². The van der Waals surface area contributed by atoms with Gasteiger partial charge in [0.1, 0.15) is 0 Å². The first-order valence-electron chi connectivity index (χ1n) is 6.40. The molecule has 0 aliphatic carbocycles. The van der Waals surface area contributed by atoms with Crippen molar-refractivity contribution in [2.45, 2.75) is 19.8 Å². The summed E-state index contributed by atoms with van der Waals surface area (Å²) >= 11 is 0. The van der Waals surface area contributed by atoms with E-state index in [2.05, 4.69) is 30.1 Å². The Balaban J connectivity index is 2.36. The molecule has 102 valence electrons. The molecule has 0 spiro atoms. The Labute approximate surface area is 110 Å². The van der Waals surface area contributed by atoms with Gasteiger partial charge in [-0.05, 0) is 23.8 Å². The lowest BCUT2D eigenvalue weighted by Crippen LogP contribution is -2.32. The summed E-state index contributed by atoms with van der Waals surface area (Å²) in [5.74, 6) is 0. The van der Waals surface area contributed by atoms with Gasteiger partial charge in [0.25, 0.3) is 0 Å². The molecule has 0 fully saturated rings. The summed E-state index contributed by atoms with van der Waals surface area (Å²) in [5.41, 5.74) is 1.39. The van der Waals surface area contributed by atoms with Crippen molar-refractivity contribution in [3.8, 4) is 0 Å². The van der Waals surface area contributed by atoms with Gasteiger partial charge in [0.15, 0.2) is 0 Å². The van der Waals surface area contributed by atoms with Gasteiger partial charge in [-0.25, -0.2) is 0 Å². The second kappa shape index (κ2) is 7.34. The van der Waals surface area contributed by atoms with Crippen LogP contribution in [0, 0.1) is 5.41 Å². The van der Waals surface area contributed by atoms with Gasteiger partial charge >= 0.3 is 0 Å². The number of hydrogen-bond acceptors (Lipinski definition) is 3. The zero-order valence-electron chi connectivity index (χ0n) is 11.8. The fraction of sp³-hybridized carbons (Fsp3) is 0.643. The van der Waals surface area contributed by atoms with E-state index in [0.29, 0.717) is 0 Å². The molecule has 1 atom stereocenters. The van der Waals surface area contributed by atoms with Crippen LogP contribution in [0.25, 0.3) is 0 Å². The summed E-state index contributed by atoms with van der Waals surface area (Å²) in [6, 6.07) is 0. The molecular formula is C14H25N3O. The number of methoxy groups -OCH3 is 1. The number of rotatable bonds is 9. The molecule has 1 unspecified atom stereocenters. The predicted molar refractivity (Wildman–Crippen MR) is 74.6 cm³/mol. The highest BCUT2D eigenvalue weighted by molar-refractivity contribution is 5.06. The molecule has 0 saturated carbocycles. The third kappa shape index (κ3) is 5.02. The number of aryl methyl sites for hydroxylation is 2. The third-order valence-corrected chi connectivity index (χ3v) is 3.25. The normalized spacial score (nSPS) is 14.4. The lowest BCUT2D eigenvalue weighted by molar-refractivity contribution is 0.195. The Bertz CT molecular complexity index is 362. The molecule has 1 heterocycles. The Morgan fingerprint density at radius 3 is 2.94 bits per heavy atom. The van der Waals surface area contributed by atoms with Gasteiger partial charge in [-0.3, -0.25) is 4.68 Å². The largest absolute Gasteiger partial charge is 0.383 e. The number of nitrogens with zero attached hydrogens (tertiary/aromatic N) is 2. The standard InChI is InChI=1S/C14H25N3O/c1-5-14(2,12-15-8-9-18-4)7-6-13-10-16-17(3)11-13/h5,10-11,15H,1,6-9,12H2,2-4H3. The van der Waals surface area contributed by atoms with Gasteiger partial charge in [0.05, 0.1) is 12.8 Å². The Kier molecular flexibility index (Phi) is 6.09. The van der Waals surface area contributed by atoms with Crippen molar-refractivity contribution in [3.63, 3.8) is 0 Å². The van der Waals surface area contributed by atoms with Crippen LogP contribution in [0.1, 0.15) is 18.9 Å². The smallest absolute Gasteiger partial charge is 0.0587 e. The van der Waals surface area contributed by atoms with Crippen molar-refractivity contribution in [1.82, 2.24) is 15.1 Å². The van der Waals surface area contributed by atoms with Crippen LogP contribution in [-0.4, -0.2) is 36.6 Å². The molecule has 1 N–H and O–H groups in total. The van der Waals surface area contributed by atoms with E-state index in [0.717, 1.165) is 32.5 Å². The highest BCUT2D eigenvalue weighted by atomic mass is 16.5. The molecule has 4 nitrogen and oxygen atoms in total. The van der Waals surface area contributed by atoms with E-state index in [4.69, 9.17) is 4.74 Å². The zero-order chi connectivity index (χ0) is 13.4. The molecule has 4 heteroatoms. The minimum atomic E-state index is 0.115. The molecule has 18 heavy (non-hydrogen) atoms. The first-order valence-corrected chi connectivity index (χ1v) is 6.40. The second-order valence-electron chi connectivity index (χ2n) is 5.05. The van der Waals surface area contributed by atoms with Crippen molar-refractivity contribution in [3.05, 3.63) is 30.6 Å². The van der Waals surface area contributed by atoms with Gasteiger partial charge in [0.2, 0.25) is 0 Å². The van der Waals surface area contributed by atoms with E-state index in [1.54, 1.807) is 7.11 Å². The van der Waals surface area contributed by atoms with Gasteiger partial charge < -0.3 is 10.1 Å². The summed E-state index contributed by atoms with van der Waals surface area (Å²) in [7, 11) is 3.67. The lowest BCUT2D eigenvalue weighted by Gasteiger charge is -2.26. The fourth-order valence-corrected chi connectivity index (χ4v) is 1.84. The molecular weight excluding hydrogens is 226 g/mol. The Hall–Kier alpha value is -1.13. The van der Waals surface area contributed by atoms with Crippen molar-refractivity contribution >= 4 is 0 Å². The summed E-state index contributed by atoms with van der Waals surface area (Å²) in [5, 5.41) is 7.59. The lowest BCUT2D eigenvalue weighted by atomic mass is 9.84. The minimum Gasteiger partial charge on any atom is -0.383 e. The van der Waals surface area contributed by atoms with Crippen LogP contribution in [0.3, 0.4) is 0 Å². The Morgan fingerprint density at radius 2 is 2.39 bits per heavy atom. The van der Waals surface area contributed by atoms with Gasteiger partial charge in [-0.15, -0.1) is 6.58 Å². The van der Waals surface area contributed by atoms with Crippen molar-refractivity contribution in [2.75, 3.05) is 26.8 Å². The first kappa shape index (κ1) is 14.9. The third-order valence-electron chi connectivity index (χ3n) is 3.25. The number of nitrogens with one attached hydrogen (secondary N) is 1. The predicted octanol–water partition coefficient (Wildman–Crippen LogP) is 1.78. The van der Waals surface area contributed by atoms with Crippen LogP contribution >= 0.6 is 0 Å².